The first-order valence-electron chi connectivity index (χ1n) is 6.25. The van der Waals surface area contributed by atoms with Crippen molar-refractivity contribution in [2.75, 3.05) is 0 Å². The first-order chi connectivity index (χ1) is 6.59. The van der Waals surface area contributed by atoms with E-state index in [1.165, 1.54) is 19.3 Å². The van der Waals surface area contributed by atoms with Crippen molar-refractivity contribution in [1.82, 2.24) is 0 Å². The number of fused-ring (bicyclic) bond motifs is 3. The van der Waals surface area contributed by atoms with Crippen LogP contribution in [0, 0.1) is 23.7 Å². The van der Waals surface area contributed by atoms with Crippen LogP contribution in [0.25, 0.3) is 0 Å². The Kier molecular flexibility index (Phi) is 2.88. The van der Waals surface area contributed by atoms with Gasteiger partial charge in [0, 0.05) is 0 Å². The fourth-order valence-corrected chi connectivity index (χ4v) is 3.39. The van der Waals surface area contributed by atoms with Crippen LogP contribution in [-0.2, 0) is 4.74 Å². The minimum Gasteiger partial charge on any atom is -0.374 e. The molecule has 0 N–H and O–H groups in total. The molecule has 2 aliphatic heterocycles. The quantitative estimate of drug-likeness (QED) is 0.657. The summed E-state index contributed by atoms with van der Waals surface area (Å²) in [7, 11) is 0. The molecule has 2 saturated heterocycles. The zero-order valence-corrected chi connectivity index (χ0v) is 9.99. The summed E-state index contributed by atoms with van der Waals surface area (Å²) in [6, 6.07) is 0. The van der Waals surface area contributed by atoms with E-state index in [1.54, 1.807) is 0 Å². The largest absolute Gasteiger partial charge is 0.374 e. The first kappa shape index (κ1) is 10.5. The van der Waals surface area contributed by atoms with Crippen LogP contribution >= 0.6 is 0 Å². The van der Waals surface area contributed by atoms with Gasteiger partial charge in [0.25, 0.3) is 0 Å². The molecule has 3 fully saturated rings. The monoisotopic (exact) mass is 196 g/mol. The van der Waals surface area contributed by atoms with Gasteiger partial charge in [-0.1, -0.05) is 27.7 Å². The van der Waals surface area contributed by atoms with Crippen molar-refractivity contribution in [2.45, 2.75) is 59.2 Å². The average Bonchev–Trinajstić information content (AvgIpc) is 2.18. The van der Waals surface area contributed by atoms with Crippen LogP contribution < -0.4 is 0 Å². The van der Waals surface area contributed by atoms with E-state index in [9.17, 15) is 0 Å². The fraction of sp³-hybridized carbons (Fsp3) is 1.00. The Morgan fingerprint density at radius 3 is 2.14 bits per heavy atom. The smallest absolute Gasteiger partial charge is 0.0630 e. The number of ether oxygens (including phenoxy) is 1. The van der Waals surface area contributed by atoms with Gasteiger partial charge in [0.15, 0.2) is 0 Å². The van der Waals surface area contributed by atoms with E-state index >= 15 is 0 Å². The highest BCUT2D eigenvalue weighted by molar-refractivity contribution is 4.92. The summed E-state index contributed by atoms with van der Waals surface area (Å²) < 4.78 is 6.22. The predicted molar refractivity (Wildman–Crippen MR) is 59.2 cm³/mol. The predicted octanol–water partition coefficient (Wildman–Crippen LogP) is 3.48. The van der Waals surface area contributed by atoms with Crippen LogP contribution in [0.2, 0.25) is 0 Å². The van der Waals surface area contributed by atoms with Crippen molar-refractivity contribution in [1.29, 1.82) is 0 Å². The van der Waals surface area contributed by atoms with E-state index in [4.69, 9.17) is 4.74 Å². The highest BCUT2D eigenvalue weighted by Crippen LogP contribution is 2.45. The van der Waals surface area contributed by atoms with Crippen molar-refractivity contribution in [3.05, 3.63) is 0 Å². The van der Waals surface area contributed by atoms with Crippen LogP contribution in [0.4, 0.5) is 0 Å². The number of hydrogen-bond donors (Lipinski definition) is 0. The van der Waals surface area contributed by atoms with Crippen LogP contribution in [0.1, 0.15) is 47.0 Å². The summed E-state index contributed by atoms with van der Waals surface area (Å²) in [6.07, 6.45) is 5.29. The summed E-state index contributed by atoms with van der Waals surface area (Å²) in [6.45, 7) is 9.30. The molecule has 1 heteroatoms. The average molecular weight is 196 g/mol. The summed E-state index contributed by atoms with van der Waals surface area (Å²) >= 11 is 0. The van der Waals surface area contributed by atoms with Gasteiger partial charge in [-0.2, -0.15) is 0 Å². The summed E-state index contributed by atoms with van der Waals surface area (Å²) in [5.74, 6) is 3.20. The molecule has 0 aromatic rings. The van der Waals surface area contributed by atoms with E-state index < -0.39 is 0 Å². The third-order valence-electron chi connectivity index (χ3n) is 4.18. The van der Waals surface area contributed by atoms with Crippen LogP contribution in [-0.4, -0.2) is 12.2 Å². The summed E-state index contributed by atoms with van der Waals surface area (Å²) in [5.41, 5.74) is 0. The lowest BCUT2D eigenvalue weighted by molar-refractivity contribution is -0.178. The minimum absolute atomic E-state index is 0.559. The topological polar surface area (TPSA) is 9.23 Å². The van der Waals surface area contributed by atoms with Gasteiger partial charge >= 0.3 is 0 Å². The minimum atomic E-state index is 0.559. The molecule has 1 nitrogen and oxygen atoms in total. The number of rotatable bonds is 2. The van der Waals surface area contributed by atoms with Crippen molar-refractivity contribution in [2.24, 2.45) is 23.7 Å². The van der Waals surface area contributed by atoms with Crippen molar-refractivity contribution >= 4 is 0 Å². The van der Waals surface area contributed by atoms with Gasteiger partial charge in [0.05, 0.1) is 12.2 Å². The molecule has 3 aliphatic rings. The molecule has 4 unspecified atom stereocenters. The lowest BCUT2D eigenvalue weighted by Gasteiger charge is -2.50. The number of hydrogen-bond acceptors (Lipinski definition) is 1. The second kappa shape index (κ2) is 3.84. The normalized spacial score (nSPS) is 42.4. The molecule has 2 bridgehead atoms. The second-order valence-corrected chi connectivity index (χ2v) is 5.86. The standard InChI is InChI=1S/C13H24O/c1-8(2)11-7-10-5-6-12(11)14-13(10)9(3)4/h8-13H,5-7H2,1-4H3. The SMILES string of the molecule is CC(C)C1CC2CCC1OC2C(C)C. The van der Waals surface area contributed by atoms with E-state index in [0.29, 0.717) is 18.1 Å². The highest BCUT2D eigenvalue weighted by Gasteiger charge is 2.44. The Morgan fingerprint density at radius 2 is 1.71 bits per heavy atom. The molecule has 0 amide bonds. The molecule has 14 heavy (non-hydrogen) atoms. The fourth-order valence-electron chi connectivity index (χ4n) is 3.39. The van der Waals surface area contributed by atoms with Gasteiger partial charge in [-0.15, -0.1) is 0 Å². The summed E-state index contributed by atoms with van der Waals surface area (Å²) in [4.78, 5) is 0. The maximum absolute atomic E-state index is 6.22. The zero-order chi connectivity index (χ0) is 10.3. The molecular formula is C13H24O. The van der Waals surface area contributed by atoms with Gasteiger partial charge in [-0.25, -0.2) is 0 Å². The molecule has 1 saturated carbocycles. The molecule has 82 valence electrons. The molecule has 4 atom stereocenters. The van der Waals surface area contributed by atoms with Gasteiger partial charge in [-0.05, 0) is 42.9 Å². The van der Waals surface area contributed by atoms with E-state index in [0.717, 1.165) is 17.8 Å². The Balaban J connectivity index is 2.05. The van der Waals surface area contributed by atoms with Crippen LogP contribution in [0.3, 0.4) is 0 Å². The zero-order valence-electron chi connectivity index (χ0n) is 9.99. The molecule has 3 rings (SSSR count). The maximum Gasteiger partial charge on any atom is 0.0630 e. The lowest BCUT2D eigenvalue weighted by Crippen LogP contribution is -2.49. The Labute approximate surface area is 88.2 Å². The molecule has 0 aromatic carbocycles. The van der Waals surface area contributed by atoms with E-state index in [-0.39, 0.29) is 0 Å². The summed E-state index contributed by atoms with van der Waals surface area (Å²) in [5, 5.41) is 0. The molecule has 0 aromatic heterocycles. The van der Waals surface area contributed by atoms with Crippen molar-refractivity contribution in [3.63, 3.8) is 0 Å². The van der Waals surface area contributed by atoms with Gasteiger partial charge < -0.3 is 4.74 Å². The van der Waals surface area contributed by atoms with Gasteiger partial charge in [0.1, 0.15) is 0 Å². The van der Waals surface area contributed by atoms with Gasteiger partial charge in [0.2, 0.25) is 0 Å². The molecule has 1 aliphatic carbocycles. The molecule has 0 radical (unpaired) electrons. The van der Waals surface area contributed by atoms with E-state index in [1.807, 2.05) is 0 Å². The highest BCUT2D eigenvalue weighted by atomic mass is 16.5. The second-order valence-electron chi connectivity index (χ2n) is 5.86. The third kappa shape index (κ3) is 1.71. The van der Waals surface area contributed by atoms with E-state index in [2.05, 4.69) is 27.7 Å². The van der Waals surface area contributed by atoms with Gasteiger partial charge in [-0.3, -0.25) is 0 Å². The lowest BCUT2D eigenvalue weighted by atomic mass is 9.68. The Morgan fingerprint density at radius 1 is 1.00 bits per heavy atom. The molecular weight excluding hydrogens is 172 g/mol. The van der Waals surface area contributed by atoms with Crippen molar-refractivity contribution < 1.29 is 4.74 Å². The van der Waals surface area contributed by atoms with Crippen LogP contribution in [0.15, 0.2) is 0 Å². The molecule has 2 heterocycles. The third-order valence-corrected chi connectivity index (χ3v) is 4.18. The maximum atomic E-state index is 6.22. The van der Waals surface area contributed by atoms with Crippen molar-refractivity contribution in [3.8, 4) is 0 Å². The molecule has 0 spiro atoms. The Bertz CT molecular complexity index is 175. The first-order valence-corrected chi connectivity index (χ1v) is 6.25. The Hall–Kier alpha value is -0.0400. The van der Waals surface area contributed by atoms with Crippen LogP contribution in [0.5, 0.6) is 0 Å².